The third-order valence-electron chi connectivity index (χ3n) is 5.88. The van der Waals surface area contributed by atoms with E-state index in [1.54, 1.807) is 19.1 Å². The summed E-state index contributed by atoms with van der Waals surface area (Å²) < 4.78 is 30.0. The Balaban J connectivity index is 1.68. The second kappa shape index (κ2) is 8.71. The molecule has 2 aliphatic rings. The lowest BCUT2D eigenvalue weighted by Crippen LogP contribution is -2.38. The van der Waals surface area contributed by atoms with E-state index in [9.17, 15) is 14.0 Å². The maximum atomic E-state index is 13.3. The summed E-state index contributed by atoms with van der Waals surface area (Å²) in [6, 6.07) is 7.31. The molecule has 0 radical (unpaired) electrons. The molecule has 174 valence electrons. The zero-order valence-corrected chi connectivity index (χ0v) is 19.6. The molecular weight excluding hydrogens is 449 g/mol. The van der Waals surface area contributed by atoms with Gasteiger partial charge in [-0.15, -0.1) is 0 Å². The lowest BCUT2D eigenvalue weighted by Gasteiger charge is -2.38. The van der Waals surface area contributed by atoms with Gasteiger partial charge in [-0.3, -0.25) is 4.79 Å². The van der Waals surface area contributed by atoms with Crippen molar-refractivity contribution in [3.63, 3.8) is 0 Å². The molecule has 33 heavy (non-hydrogen) atoms. The van der Waals surface area contributed by atoms with Crippen LogP contribution in [0.15, 0.2) is 57.3 Å². The minimum atomic E-state index is -0.680. The molecule has 1 aromatic carbocycles. The van der Waals surface area contributed by atoms with E-state index in [2.05, 4.69) is 5.32 Å². The van der Waals surface area contributed by atoms with Crippen LogP contribution >= 0.6 is 11.6 Å². The van der Waals surface area contributed by atoms with E-state index in [1.165, 1.54) is 25.3 Å². The summed E-state index contributed by atoms with van der Waals surface area (Å²) >= 11 is 6.02. The summed E-state index contributed by atoms with van der Waals surface area (Å²) in [4.78, 5) is 25.9. The smallest absolute Gasteiger partial charge is 0.336 e. The van der Waals surface area contributed by atoms with Crippen LogP contribution in [-0.2, 0) is 20.9 Å². The summed E-state index contributed by atoms with van der Waals surface area (Å²) in [7, 11) is 1.31. The van der Waals surface area contributed by atoms with Crippen LogP contribution in [0.2, 0.25) is 5.02 Å². The fourth-order valence-electron chi connectivity index (χ4n) is 4.47. The topological polar surface area (TPSA) is 77.8 Å². The minimum Gasteiger partial charge on any atom is -0.484 e. The SMILES string of the molecule is COC(=O)C1=C(C)NC2=C(C(=O)CC(C)(C)C2)[C@H]1c1ccc(COc2ccc(F)cc2Cl)o1. The summed E-state index contributed by atoms with van der Waals surface area (Å²) in [5.74, 6) is -0.460. The molecular formula is C25H25ClFNO5. The van der Waals surface area contributed by atoms with Crippen LogP contribution in [0.3, 0.4) is 0 Å². The van der Waals surface area contributed by atoms with Gasteiger partial charge in [-0.25, -0.2) is 9.18 Å². The number of furan rings is 1. The molecule has 1 N–H and O–H groups in total. The summed E-state index contributed by atoms with van der Waals surface area (Å²) in [5, 5.41) is 3.41. The molecule has 1 aliphatic carbocycles. The van der Waals surface area contributed by atoms with Crippen LogP contribution in [0.5, 0.6) is 5.75 Å². The van der Waals surface area contributed by atoms with Gasteiger partial charge < -0.3 is 19.2 Å². The molecule has 0 spiro atoms. The highest BCUT2D eigenvalue weighted by molar-refractivity contribution is 6.32. The van der Waals surface area contributed by atoms with Crippen molar-refractivity contribution in [1.29, 1.82) is 0 Å². The van der Waals surface area contributed by atoms with Gasteiger partial charge in [0.1, 0.15) is 29.7 Å². The Morgan fingerprint density at radius 2 is 2.03 bits per heavy atom. The number of allylic oxidation sites excluding steroid dienone is 3. The Morgan fingerprint density at radius 3 is 2.73 bits per heavy atom. The van der Waals surface area contributed by atoms with Gasteiger partial charge in [0.2, 0.25) is 0 Å². The minimum absolute atomic E-state index is 0.0278. The fourth-order valence-corrected chi connectivity index (χ4v) is 4.69. The average molecular weight is 474 g/mol. The highest BCUT2D eigenvalue weighted by atomic mass is 35.5. The molecule has 1 aliphatic heterocycles. The van der Waals surface area contributed by atoms with Crippen LogP contribution in [0.25, 0.3) is 0 Å². The Hall–Kier alpha value is -3.06. The second-order valence-electron chi connectivity index (χ2n) is 9.09. The molecule has 4 rings (SSSR count). The predicted octanol–water partition coefficient (Wildman–Crippen LogP) is 5.43. The Bertz CT molecular complexity index is 1190. The number of carbonyl (C=O) groups is 2. The molecule has 1 aromatic heterocycles. The van der Waals surface area contributed by atoms with Crippen LogP contribution in [-0.4, -0.2) is 18.9 Å². The molecule has 1 atom stereocenters. The predicted molar refractivity (Wildman–Crippen MR) is 120 cm³/mol. The molecule has 0 unspecified atom stereocenters. The number of dihydropyridines is 1. The molecule has 6 nitrogen and oxygen atoms in total. The molecule has 2 heterocycles. The van der Waals surface area contributed by atoms with Gasteiger partial charge in [0.05, 0.1) is 23.6 Å². The molecule has 0 bridgehead atoms. The zero-order valence-electron chi connectivity index (χ0n) is 18.9. The van der Waals surface area contributed by atoms with Gasteiger partial charge in [0.15, 0.2) is 5.78 Å². The first kappa shape index (κ1) is 23.1. The van der Waals surface area contributed by atoms with Gasteiger partial charge >= 0.3 is 5.97 Å². The van der Waals surface area contributed by atoms with Crippen molar-refractivity contribution < 1.29 is 27.9 Å². The van der Waals surface area contributed by atoms with Crippen molar-refractivity contribution in [1.82, 2.24) is 5.32 Å². The number of rotatable bonds is 5. The number of nitrogens with one attached hydrogen (secondary N) is 1. The highest BCUT2D eigenvalue weighted by Gasteiger charge is 2.44. The van der Waals surface area contributed by atoms with Crippen molar-refractivity contribution in [2.45, 2.75) is 46.1 Å². The van der Waals surface area contributed by atoms with E-state index < -0.39 is 17.7 Å². The van der Waals surface area contributed by atoms with E-state index in [0.29, 0.717) is 47.0 Å². The molecule has 0 saturated carbocycles. The van der Waals surface area contributed by atoms with E-state index in [4.69, 9.17) is 25.5 Å². The lowest BCUT2D eigenvalue weighted by atomic mass is 9.69. The number of benzene rings is 1. The van der Waals surface area contributed by atoms with Crippen LogP contribution in [0.1, 0.15) is 51.1 Å². The standard InChI is InChI=1S/C25H25ClFNO5/c1-13-21(24(30)31-4)23(22-17(28-13)10-25(2,3)11-18(22)29)20-8-6-15(33-20)12-32-19-7-5-14(27)9-16(19)26/h5-9,23,28H,10-12H2,1-4H3/t23-/m0/s1. The number of hydrogen-bond donors (Lipinski definition) is 1. The van der Waals surface area contributed by atoms with Crippen molar-refractivity contribution in [3.8, 4) is 5.75 Å². The Morgan fingerprint density at radius 1 is 1.27 bits per heavy atom. The maximum absolute atomic E-state index is 13.3. The molecule has 0 saturated heterocycles. The average Bonchev–Trinajstić information content (AvgIpc) is 3.19. The van der Waals surface area contributed by atoms with Crippen molar-refractivity contribution in [2.24, 2.45) is 5.41 Å². The first-order valence-corrected chi connectivity index (χ1v) is 11.0. The van der Waals surface area contributed by atoms with Crippen LogP contribution in [0, 0.1) is 11.2 Å². The summed E-state index contributed by atoms with van der Waals surface area (Å²) in [5.41, 5.74) is 2.12. The first-order chi connectivity index (χ1) is 15.6. The van der Waals surface area contributed by atoms with Gasteiger partial charge in [0, 0.05) is 23.4 Å². The van der Waals surface area contributed by atoms with E-state index in [0.717, 1.165) is 5.70 Å². The summed E-state index contributed by atoms with van der Waals surface area (Å²) in [6.45, 7) is 5.92. The maximum Gasteiger partial charge on any atom is 0.336 e. The van der Waals surface area contributed by atoms with E-state index in [1.807, 2.05) is 13.8 Å². The number of Topliss-reactive ketones (excluding diaryl/α,β-unsaturated/α-hetero) is 1. The number of carbonyl (C=O) groups excluding carboxylic acids is 2. The largest absolute Gasteiger partial charge is 0.484 e. The lowest BCUT2D eigenvalue weighted by molar-refractivity contribution is -0.136. The van der Waals surface area contributed by atoms with Gasteiger partial charge in [-0.05, 0) is 49.1 Å². The van der Waals surface area contributed by atoms with Crippen LogP contribution < -0.4 is 10.1 Å². The quantitative estimate of drug-likeness (QED) is 0.583. The molecule has 0 fully saturated rings. The number of hydrogen-bond acceptors (Lipinski definition) is 6. The van der Waals surface area contributed by atoms with Crippen molar-refractivity contribution in [3.05, 3.63) is 75.2 Å². The number of halogens is 2. The number of ether oxygens (including phenoxy) is 2. The van der Waals surface area contributed by atoms with Gasteiger partial charge in [-0.2, -0.15) is 0 Å². The van der Waals surface area contributed by atoms with Crippen molar-refractivity contribution in [2.75, 3.05) is 7.11 Å². The van der Waals surface area contributed by atoms with E-state index in [-0.39, 0.29) is 22.8 Å². The Labute approximate surface area is 196 Å². The number of esters is 1. The van der Waals surface area contributed by atoms with Crippen LogP contribution in [0.4, 0.5) is 4.39 Å². The van der Waals surface area contributed by atoms with Crippen molar-refractivity contribution >= 4 is 23.4 Å². The third kappa shape index (κ3) is 4.55. The zero-order chi connectivity index (χ0) is 23.9. The molecule has 8 heteroatoms. The fraction of sp³-hybridized carbons (Fsp3) is 0.360. The van der Waals surface area contributed by atoms with Gasteiger partial charge in [0.25, 0.3) is 0 Å². The summed E-state index contributed by atoms with van der Waals surface area (Å²) in [6.07, 6.45) is 1.05. The normalized spacial score (nSPS) is 19.8. The Kier molecular flexibility index (Phi) is 6.10. The van der Waals surface area contributed by atoms with Gasteiger partial charge in [-0.1, -0.05) is 25.4 Å². The monoisotopic (exact) mass is 473 g/mol. The van der Waals surface area contributed by atoms with E-state index >= 15 is 0 Å². The first-order valence-electron chi connectivity index (χ1n) is 10.6. The molecule has 0 amide bonds. The third-order valence-corrected chi connectivity index (χ3v) is 6.17. The molecule has 2 aromatic rings. The number of ketones is 1. The highest BCUT2D eigenvalue weighted by Crippen LogP contribution is 2.47. The second-order valence-corrected chi connectivity index (χ2v) is 9.50. The number of methoxy groups -OCH3 is 1.